The Morgan fingerprint density at radius 1 is 0.792 bits per heavy atom. The van der Waals surface area contributed by atoms with E-state index < -0.39 is 0 Å². The van der Waals surface area contributed by atoms with Gasteiger partial charge in [-0.25, -0.2) is 0 Å². The predicted octanol–water partition coefficient (Wildman–Crippen LogP) is 5.29. The van der Waals surface area contributed by atoms with Gasteiger partial charge < -0.3 is 10.1 Å². The first-order valence-electron chi connectivity index (χ1n) is 7.80. The van der Waals surface area contributed by atoms with E-state index in [-0.39, 0.29) is 5.75 Å². The second-order valence-electron chi connectivity index (χ2n) is 5.61. The van der Waals surface area contributed by atoms with Gasteiger partial charge in [-0.3, -0.25) is 4.99 Å². The predicted molar refractivity (Wildman–Crippen MR) is 99.1 cm³/mol. The average molecular weight is 312 g/mol. The van der Waals surface area contributed by atoms with Gasteiger partial charge in [-0.1, -0.05) is 48.5 Å². The second kappa shape index (κ2) is 6.05. The molecule has 0 saturated carbocycles. The Morgan fingerprint density at radius 3 is 2.29 bits per heavy atom. The van der Waals surface area contributed by atoms with Crippen LogP contribution in [0.25, 0.3) is 22.2 Å². The summed E-state index contributed by atoms with van der Waals surface area (Å²) < 4.78 is 0. The van der Waals surface area contributed by atoms with E-state index in [1.807, 2.05) is 48.7 Å². The van der Waals surface area contributed by atoms with Gasteiger partial charge in [-0.2, -0.15) is 0 Å². The summed E-state index contributed by atoms with van der Waals surface area (Å²) in [5, 5.41) is 10.5. The van der Waals surface area contributed by atoms with Crippen LogP contribution in [0.1, 0.15) is 5.56 Å². The molecular weight excluding hydrogens is 296 g/mol. The first-order chi connectivity index (χ1) is 11.8. The molecule has 24 heavy (non-hydrogen) atoms. The Bertz CT molecular complexity index is 999. The molecule has 1 heterocycles. The maximum Gasteiger partial charge on any atom is 0.115 e. The highest BCUT2D eigenvalue weighted by atomic mass is 16.3. The lowest BCUT2D eigenvalue weighted by molar-refractivity contribution is 0.475. The quantitative estimate of drug-likeness (QED) is 0.496. The number of fused-ring (bicyclic) bond motifs is 1. The van der Waals surface area contributed by atoms with Crippen molar-refractivity contribution in [2.75, 3.05) is 0 Å². The molecule has 0 fully saturated rings. The van der Waals surface area contributed by atoms with Crippen LogP contribution in [0.3, 0.4) is 0 Å². The third kappa shape index (κ3) is 2.68. The van der Waals surface area contributed by atoms with E-state index in [2.05, 4.69) is 29.2 Å². The highest BCUT2D eigenvalue weighted by Gasteiger charge is 2.11. The van der Waals surface area contributed by atoms with Gasteiger partial charge in [-0.05, 0) is 35.9 Å². The molecule has 4 rings (SSSR count). The number of hydrogen-bond acceptors (Lipinski definition) is 2. The SMILES string of the molecule is Oc1ccc(C=Nc2c(-c3ccccc3)[nH]c3ccccc23)cc1. The van der Waals surface area contributed by atoms with Gasteiger partial charge in [0.05, 0.1) is 11.4 Å². The molecule has 0 saturated heterocycles. The molecule has 3 aromatic carbocycles. The van der Waals surface area contributed by atoms with Crippen LogP contribution in [0.5, 0.6) is 5.75 Å². The molecule has 1 aromatic heterocycles. The first-order valence-corrected chi connectivity index (χ1v) is 7.80. The van der Waals surface area contributed by atoms with Crippen molar-refractivity contribution in [3.8, 4) is 17.0 Å². The smallest absolute Gasteiger partial charge is 0.115 e. The number of aliphatic imine (C=N–C) groups is 1. The van der Waals surface area contributed by atoms with Gasteiger partial charge >= 0.3 is 0 Å². The van der Waals surface area contributed by atoms with E-state index in [0.29, 0.717) is 0 Å². The van der Waals surface area contributed by atoms with Crippen LogP contribution in [-0.4, -0.2) is 16.3 Å². The number of para-hydroxylation sites is 1. The van der Waals surface area contributed by atoms with Gasteiger partial charge in [0, 0.05) is 22.7 Å². The number of aromatic amines is 1. The van der Waals surface area contributed by atoms with Crippen LogP contribution >= 0.6 is 0 Å². The Morgan fingerprint density at radius 2 is 1.50 bits per heavy atom. The van der Waals surface area contributed by atoms with Crippen molar-refractivity contribution >= 4 is 22.8 Å². The summed E-state index contributed by atoms with van der Waals surface area (Å²) in [6.07, 6.45) is 1.82. The number of phenols is 1. The number of nitrogens with one attached hydrogen (secondary N) is 1. The molecule has 0 bridgehead atoms. The largest absolute Gasteiger partial charge is 0.508 e. The van der Waals surface area contributed by atoms with Gasteiger partial charge in [-0.15, -0.1) is 0 Å². The Balaban J connectivity index is 1.85. The van der Waals surface area contributed by atoms with Gasteiger partial charge in [0.25, 0.3) is 0 Å². The molecule has 0 atom stereocenters. The number of aromatic hydroxyl groups is 1. The van der Waals surface area contributed by atoms with E-state index >= 15 is 0 Å². The molecule has 0 spiro atoms. The summed E-state index contributed by atoms with van der Waals surface area (Å²) in [6.45, 7) is 0. The molecule has 0 aliphatic carbocycles. The maximum atomic E-state index is 9.39. The zero-order valence-electron chi connectivity index (χ0n) is 13.0. The number of H-pyrrole nitrogens is 1. The topological polar surface area (TPSA) is 48.4 Å². The monoisotopic (exact) mass is 312 g/mol. The average Bonchev–Trinajstić information content (AvgIpc) is 3.01. The summed E-state index contributed by atoms with van der Waals surface area (Å²) in [6, 6.07) is 25.4. The van der Waals surface area contributed by atoms with Crippen LogP contribution in [-0.2, 0) is 0 Å². The number of hydrogen-bond donors (Lipinski definition) is 2. The fourth-order valence-electron chi connectivity index (χ4n) is 2.77. The molecule has 4 aromatic rings. The van der Waals surface area contributed by atoms with E-state index in [0.717, 1.165) is 33.4 Å². The molecule has 0 aliphatic heterocycles. The summed E-state index contributed by atoms with van der Waals surface area (Å²) in [5.41, 5.74) is 5.04. The minimum Gasteiger partial charge on any atom is -0.508 e. The Hall–Kier alpha value is -3.33. The van der Waals surface area contributed by atoms with Crippen LogP contribution in [0, 0.1) is 0 Å². The Kier molecular flexibility index (Phi) is 3.60. The molecule has 116 valence electrons. The van der Waals surface area contributed by atoms with Gasteiger partial charge in [0.15, 0.2) is 0 Å². The zero-order chi connectivity index (χ0) is 16.4. The lowest BCUT2D eigenvalue weighted by atomic mass is 10.1. The number of aromatic nitrogens is 1. The molecule has 0 unspecified atom stereocenters. The van der Waals surface area contributed by atoms with Crippen molar-refractivity contribution < 1.29 is 5.11 Å². The van der Waals surface area contributed by atoms with E-state index in [1.165, 1.54) is 0 Å². The van der Waals surface area contributed by atoms with E-state index in [9.17, 15) is 5.11 Å². The van der Waals surface area contributed by atoms with Gasteiger partial charge in [0.1, 0.15) is 5.75 Å². The van der Waals surface area contributed by atoms with Crippen LogP contribution in [0.4, 0.5) is 5.69 Å². The highest BCUT2D eigenvalue weighted by Crippen LogP contribution is 2.37. The normalized spacial score (nSPS) is 11.3. The Labute approximate surface area is 139 Å². The molecule has 0 amide bonds. The lowest BCUT2D eigenvalue weighted by Gasteiger charge is -2.01. The van der Waals surface area contributed by atoms with Crippen molar-refractivity contribution in [2.45, 2.75) is 0 Å². The molecule has 3 heteroatoms. The third-order valence-corrected chi connectivity index (χ3v) is 3.98. The van der Waals surface area contributed by atoms with Crippen molar-refractivity contribution in [1.29, 1.82) is 0 Å². The zero-order valence-corrected chi connectivity index (χ0v) is 13.0. The van der Waals surface area contributed by atoms with Crippen molar-refractivity contribution in [2.24, 2.45) is 4.99 Å². The van der Waals surface area contributed by atoms with Crippen LogP contribution < -0.4 is 0 Å². The summed E-state index contributed by atoms with van der Waals surface area (Å²) in [7, 11) is 0. The fraction of sp³-hybridized carbons (Fsp3) is 0. The molecule has 3 nitrogen and oxygen atoms in total. The van der Waals surface area contributed by atoms with Crippen molar-refractivity contribution in [3.05, 3.63) is 84.4 Å². The van der Waals surface area contributed by atoms with E-state index in [4.69, 9.17) is 4.99 Å². The minimum absolute atomic E-state index is 0.254. The highest BCUT2D eigenvalue weighted by molar-refractivity contribution is 6.01. The maximum absolute atomic E-state index is 9.39. The van der Waals surface area contributed by atoms with E-state index in [1.54, 1.807) is 12.1 Å². The number of rotatable bonds is 3. The molecular formula is C21H16N2O. The van der Waals surface area contributed by atoms with Crippen molar-refractivity contribution in [1.82, 2.24) is 4.98 Å². The van der Waals surface area contributed by atoms with Crippen LogP contribution in [0.2, 0.25) is 0 Å². The summed E-state index contributed by atoms with van der Waals surface area (Å²) in [4.78, 5) is 8.20. The van der Waals surface area contributed by atoms with Crippen LogP contribution in [0.15, 0.2) is 83.9 Å². The minimum atomic E-state index is 0.254. The summed E-state index contributed by atoms with van der Waals surface area (Å²) >= 11 is 0. The number of phenolic OH excluding ortho intramolecular Hbond substituents is 1. The van der Waals surface area contributed by atoms with Gasteiger partial charge in [0.2, 0.25) is 0 Å². The van der Waals surface area contributed by atoms with Crippen molar-refractivity contribution in [3.63, 3.8) is 0 Å². The number of benzene rings is 3. The lowest BCUT2D eigenvalue weighted by Crippen LogP contribution is -1.80. The standard InChI is InChI=1S/C21H16N2O/c24-17-12-10-15(11-13-17)14-22-21-18-8-4-5-9-19(18)23-20(21)16-6-2-1-3-7-16/h1-14,23-24H. The first kappa shape index (κ1) is 14.3. The fourth-order valence-corrected chi connectivity index (χ4v) is 2.77. The number of nitrogens with zero attached hydrogens (tertiary/aromatic N) is 1. The second-order valence-corrected chi connectivity index (χ2v) is 5.61. The molecule has 0 aliphatic rings. The summed E-state index contributed by atoms with van der Waals surface area (Å²) in [5.74, 6) is 0.254. The third-order valence-electron chi connectivity index (χ3n) is 3.98. The molecule has 0 radical (unpaired) electrons. The molecule has 2 N–H and O–H groups in total.